The highest BCUT2D eigenvalue weighted by molar-refractivity contribution is 8.13. The molecular formula is C13H12FNO3S. The van der Waals surface area contributed by atoms with Crippen molar-refractivity contribution in [3.8, 4) is 0 Å². The summed E-state index contributed by atoms with van der Waals surface area (Å²) in [6.07, 6.45) is 0.380. The monoisotopic (exact) mass is 281 g/mol. The third kappa shape index (κ3) is 3.41. The van der Waals surface area contributed by atoms with Crippen LogP contribution in [0.1, 0.15) is 23.2 Å². The highest BCUT2D eigenvalue weighted by Crippen LogP contribution is 2.19. The van der Waals surface area contributed by atoms with Crippen molar-refractivity contribution < 1.29 is 18.8 Å². The minimum Gasteiger partial charge on any atom is -0.294 e. The Bertz CT molecular complexity index is 499. The van der Waals surface area contributed by atoms with E-state index in [1.165, 1.54) is 24.3 Å². The lowest BCUT2D eigenvalue weighted by atomic mass is 10.1. The molecule has 4 nitrogen and oxygen atoms in total. The van der Waals surface area contributed by atoms with Crippen LogP contribution in [0.3, 0.4) is 0 Å². The van der Waals surface area contributed by atoms with Crippen molar-refractivity contribution in [1.29, 1.82) is 0 Å². The number of carbonyl (C=O) groups excluding carboxylic acids is 3. The van der Waals surface area contributed by atoms with Crippen molar-refractivity contribution in [2.45, 2.75) is 12.8 Å². The van der Waals surface area contributed by atoms with Crippen LogP contribution in [0.5, 0.6) is 0 Å². The van der Waals surface area contributed by atoms with Crippen LogP contribution in [0, 0.1) is 5.82 Å². The molecule has 19 heavy (non-hydrogen) atoms. The number of hydrogen-bond acceptors (Lipinski definition) is 4. The second-order valence-electron chi connectivity index (χ2n) is 4.09. The number of halogens is 1. The standard InChI is InChI=1S/C13H12FNO3S/c14-10-3-1-9(2-4-10)11(16)5-7-15-12(17)6-8-19-13(15)18/h1-4H,5-8H2. The van der Waals surface area contributed by atoms with Crippen LogP contribution in [0.2, 0.25) is 0 Å². The van der Waals surface area contributed by atoms with Gasteiger partial charge >= 0.3 is 0 Å². The summed E-state index contributed by atoms with van der Waals surface area (Å²) in [5, 5.41) is -0.303. The predicted molar refractivity (Wildman–Crippen MR) is 69.5 cm³/mol. The van der Waals surface area contributed by atoms with Gasteiger partial charge in [0.2, 0.25) is 5.91 Å². The number of hydrogen-bond donors (Lipinski definition) is 0. The van der Waals surface area contributed by atoms with E-state index in [2.05, 4.69) is 0 Å². The topological polar surface area (TPSA) is 54.5 Å². The van der Waals surface area contributed by atoms with Crippen molar-refractivity contribution in [1.82, 2.24) is 4.90 Å². The average Bonchev–Trinajstić information content (AvgIpc) is 2.38. The van der Waals surface area contributed by atoms with E-state index < -0.39 is 5.82 Å². The van der Waals surface area contributed by atoms with E-state index in [0.29, 0.717) is 17.7 Å². The molecule has 0 saturated carbocycles. The van der Waals surface area contributed by atoms with Gasteiger partial charge in [-0.2, -0.15) is 0 Å². The molecule has 0 unspecified atom stereocenters. The van der Waals surface area contributed by atoms with Crippen LogP contribution in [0.25, 0.3) is 0 Å². The zero-order chi connectivity index (χ0) is 13.8. The summed E-state index contributed by atoms with van der Waals surface area (Å²) in [5.41, 5.74) is 0.381. The molecule has 0 spiro atoms. The number of thioether (sulfide) groups is 1. The summed E-state index contributed by atoms with van der Waals surface area (Å²) in [4.78, 5) is 36.0. The molecule has 100 valence electrons. The molecule has 2 amide bonds. The van der Waals surface area contributed by atoms with Crippen molar-refractivity contribution in [2.75, 3.05) is 12.3 Å². The summed E-state index contributed by atoms with van der Waals surface area (Å²) in [5.74, 6) is -0.360. The van der Waals surface area contributed by atoms with Gasteiger partial charge in [0.05, 0.1) is 0 Å². The maximum absolute atomic E-state index is 12.7. The Morgan fingerprint density at radius 3 is 2.58 bits per heavy atom. The number of ketones is 1. The SMILES string of the molecule is O=C(CCN1C(=O)CCSC1=O)c1ccc(F)cc1. The molecule has 1 saturated heterocycles. The third-order valence-corrected chi connectivity index (χ3v) is 3.67. The van der Waals surface area contributed by atoms with Gasteiger partial charge in [-0.1, -0.05) is 11.8 Å². The van der Waals surface area contributed by atoms with Crippen LogP contribution in [-0.4, -0.2) is 34.1 Å². The van der Waals surface area contributed by atoms with E-state index >= 15 is 0 Å². The lowest BCUT2D eigenvalue weighted by Crippen LogP contribution is -2.39. The summed E-state index contributed by atoms with van der Waals surface area (Å²) in [7, 11) is 0. The first-order chi connectivity index (χ1) is 9.08. The van der Waals surface area contributed by atoms with Crippen molar-refractivity contribution in [3.63, 3.8) is 0 Å². The van der Waals surface area contributed by atoms with Gasteiger partial charge in [0.15, 0.2) is 5.78 Å². The van der Waals surface area contributed by atoms with Gasteiger partial charge in [0.1, 0.15) is 5.82 Å². The van der Waals surface area contributed by atoms with Gasteiger partial charge in [-0.3, -0.25) is 19.3 Å². The fraction of sp³-hybridized carbons (Fsp3) is 0.308. The lowest BCUT2D eigenvalue weighted by molar-refractivity contribution is -0.127. The fourth-order valence-corrected chi connectivity index (χ4v) is 2.55. The molecule has 1 aromatic rings. The van der Waals surface area contributed by atoms with Gasteiger partial charge in [0, 0.05) is 30.7 Å². The van der Waals surface area contributed by atoms with Crippen LogP contribution in [-0.2, 0) is 4.79 Å². The molecule has 0 bridgehead atoms. The quantitative estimate of drug-likeness (QED) is 0.796. The summed E-state index contributed by atoms with van der Waals surface area (Å²) in [6.45, 7) is 0.0842. The Balaban J connectivity index is 1.94. The van der Waals surface area contributed by atoms with Crippen molar-refractivity contribution >= 4 is 28.7 Å². The first-order valence-electron chi connectivity index (χ1n) is 5.84. The second-order valence-corrected chi connectivity index (χ2v) is 5.14. The number of Topliss-reactive ketones (excluding diaryl/α,β-unsaturated/α-hetero) is 1. The number of carbonyl (C=O) groups is 3. The number of nitrogens with zero attached hydrogens (tertiary/aromatic N) is 1. The summed E-state index contributed by atoms with van der Waals surface area (Å²) >= 11 is 1.08. The molecule has 1 aliphatic rings. The number of imide groups is 1. The van der Waals surface area contributed by atoms with E-state index in [1.54, 1.807) is 0 Å². The smallest absolute Gasteiger partial charge is 0.288 e. The minimum atomic E-state index is -0.408. The molecule has 0 atom stereocenters. The number of amides is 2. The van der Waals surface area contributed by atoms with Gasteiger partial charge in [-0.25, -0.2) is 4.39 Å². The summed E-state index contributed by atoms with van der Waals surface area (Å²) in [6, 6.07) is 5.21. The van der Waals surface area contributed by atoms with Crippen molar-refractivity contribution in [3.05, 3.63) is 35.6 Å². The van der Waals surface area contributed by atoms with E-state index in [-0.39, 0.29) is 29.9 Å². The fourth-order valence-electron chi connectivity index (χ4n) is 1.75. The van der Waals surface area contributed by atoms with E-state index in [0.717, 1.165) is 16.7 Å². The first-order valence-corrected chi connectivity index (χ1v) is 6.82. The molecule has 1 aromatic carbocycles. The van der Waals surface area contributed by atoms with E-state index in [4.69, 9.17) is 0 Å². The molecule has 0 radical (unpaired) electrons. The summed E-state index contributed by atoms with van der Waals surface area (Å²) < 4.78 is 12.7. The molecular weight excluding hydrogens is 269 g/mol. The highest BCUT2D eigenvalue weighted by Gasteiger charge is 2.26. The molecule has 2 rings (SSSR count). The minimum absolute atomic E-state index is 0.0592. The van der Waals surface area contributed by atoms with Gasteiger partial charge < -0.3 is 0 Å². The average molecular weight is 281 g/mol. The maximum atomic E-state index is 12.7. The van der Waals surface area contributed by atoms with Crippen LogP contribution in [0.15, 0.2) is 24.3 Å². The Labute approximate surface area is 114 Å². The van der Waals surface area contributed by atoms with Gasteiger partial charge in [0.25, 0.3) is 5.24 Å². The maximum Gasteiger partial charge on any atom is 0.288 e. The molecule has 0 aromatic heterocycles. The van der Waals surface area contributed by atoms with E-state index in [1.807, 2.05) is 0 Å². The zero-order valence-electron chi connectivity index (χ0n) is 10.1. The Morgan fingerprint density at radius 2 is 1.95 bits per heavy atom. The molecule has 1 aliphatic heterocycles. The Hall–Kier alpha value is -1.69. The molecule has 0 aliphatic carbocycles. The van der Waals surface area contributed by atoms with Gasteiger partial charge in [-0.05, 0) is 24.3 Å². The molecule has 1 fully saturated rings. The number of rotatable bonds is 4. The number of benzene rings is 1. The Morgan fingerprint density at radius 1 is 1.26 bits per heavy atom. The van der Waals surface area contributed by atoms with Crippen LogP contribution < -0.4 is 0 Å². The zero-order valence-corrected chi connectivity index (χ0v) is 10.9. The van der Waals surface area contributed by atoms with Crippen LogP contribution in [0.4, 0.5) is 9.18 Å². The normalized spacial score (nSPS) is 15.7. The van der Waals surface area contributed by atoms with Crippen LogP contribution >= 0.6 is 11.8 Å². The third-order valence-electron chi connectivity index (χ3n) is 2.79. The predicted octanol–water partition coefficient (Wildman–Crippen LogP) is 2.48. The van der Waals surface area contributed by atoms with E-state index in [9.17, 15) is 18.8 Å². The lowest BCUT2D eigenvalue weighted by Gasteiger charge is -2.23. The molecule has 0 N–H and O–H groups in total. The molecule has 6 heteroatoms. The Kier molecular flexibility index (Phi) is 4.31. The highest BCUT2D eigenvalue weighted by atomic mass is 32.2. The van der Waals surface area contributed by atoms with Crippen molar-refractivity contribution in [2.24, 2.45) is 0 Å². The second kappa shape index (κ2) is 5.97. The van der Waals surface area contributed by atoms with Gasteiger partial charge in [-0.15, -0.1) is 0 Å². The largest absolute Gasteiger partial charge is 0.294 e. The molecule has 1 heterocycles. The first kappa shape index (κ1) is 13.7.